The molecule has 1 fully saturated rings. The van der Waals surface area contributed by atoms with E-state index in [1.165, 1.54) is 0 Å². The summed E-state index contributed by atoms with van der Waals surface area (Å²) in [6.45, 7) is 1.40. The lowest BCUT2D eigenvalue weighted by Gasteiger charge is -2.36. The Labute approximate surface area is 95.7 Å². The molecule has 0 aromatic heterocycles. The smallest absolute Gasteiger partial charge is 0.0991 e. The van der Waals surface area contributed by atoms with Crippen LogP contribution in [0.2, 0.25) is 0 Å². The molecule has 3 heteroatoms. The summed E-state index contributed by atoms with van der Waals surface area (Å²) in [4.78, 5) is 0. The monoisotopic (exact) mass is 216 g/mol. The van der Waals surface area contributed by atoms with Crippen molar-refractivity contribution in [3.63, 3.8) is 0 Å². The third kappa shape index (κ3) is 2.60. The minimum absolute atomic E-state index is 0.466. The molecule has 1 saturated carbocycles. The molecule has 1 aromatic rings. The highest BCUT2D eigenvalue weighted by molar-refractivity contribution is 5.31. The maximum Gasteiger partial charge on any atom is 0.0991 e. The molecule has 0 amide bonds. The lowest BCUT2D eigenvalue weighted by atomic mass is 9.80. The topological polar surface area (TPSA) is 56.0 Å². The molecule has 1 aliphatic rings. The van der Waals surface area contributed by atoms with Gasteiger partial charge in [-0.1, -0.05) is 12.1 Å². The summed E-state index contributed by atoms with van der Waals surface area (Å²) < 4.78 is 0. The van der Waals surface area contributed by atoms with Crippen LogP contribution in [0.1, 0.15) is 30.4 Å². The zero-order chi connectivity index (χ0) is 11.4. The number of hydrogen-bond acceptors (Lipinski definition) is 3. The number of nitrogens with zero attached hydrogens (tertiary/aromatic N) is 1. The molecule has 0 aliphatic heterocycles. The van der Waals surface area contributed by atoms with Crippen LogP contribution < -0.4 is 5.32 Å². The van der Waals surface area contributed by atoms with E-state index in [4.69, 9.17) is 5.26 Å². The van der Waals surface area contributed by atoms with Gasteiger partial charge in [-0.3, -0.25) is 0 Å². The Morgan fingerprint density at radius 3 is 2.50 bits per heavy atom. The quantitative estimate of drug-likeness (QED) is 0.803. The first-order valence-corrected chi connectivity index (χ1v) is 5.64. The summed E-state index contributed by atoms with van der Waals surface area (Å²) in [6.07, 6.45) is 2.95. The third-order valence-corrected chi connectivity index (χ3v) is 3.15. The Bertz CT molecular complexity index is 387. The van der Waals surface area contributed by atoms with Crippen LogP contribution >= 0.6 is 0 Å². The Balaban J connectivity index is 1.79. The summed E-state index contributed by atoms with van der Waals surface area (Å²) in [5.41, 5.74) is 1.36. The van der Waals surface area contributed by atoms with Crippen LogP contribution in [0.5, 0.6) is 0 Å². The normalized spacial score (nSPS) is 17.5. The van der Waals surface area contributed by atoms with Crippen molar-refractivity contribution in [2.75, 3.05) is 6.54 Å². The van der Waals surface area contributed by atoms with Crippen molar-refractivity contribution in [1.82, 2.24) is 5.32 Å². The highest BCUT2D eigenvalue weighted by atomic mass is 16.3. The maximum absolute atomic E-state index is 9.86. The van der Waals surface area contributed by atoms with Gasteiger partial charge in [0.2, 0.25) is 0 Å². The van der Waals surface area contributed by atoms with Crippen LogP contribution in [-0.2, 0) is 6.54 Å². The largest absolute Gasteiger partial charge is 0.389 e. The van der Waals surface area contributed by atoms with Gasteiger partial charge in [-0.25, -0.2) is 0 Å². The van der Waals surface area contributed by atoms with Gasteiger partial charge in [-0.15, -0.1) is 0 Å². The van der Waals surface area contributed by atoms with Gasteiger partial charge in [0.05, 0.1) is 17.2 Å². The molecule has 0 saturated heterocycles. The zero-order valence-electron chi connectivity index (χ0n) is 9.24. The number of nitriles is 1. The molecule has 0 atom stereocenters. The fourth-order valence-corrected chi connectivity index (χ4v) is 1.90. The number of rotatable bonds is 4. The first-order valence-electron chi connectivity index (χ1n) is 5.64. The second-order valence-corrected chi connectivity index (χ2v) is 4.49. The van der Waals surface area contributed by atoms with Gasteiger partial charge in [0.25, 0.3) is 0 Å². The molecule has 2 N–H and O–H groups in total. The van der Waals surface area contributed by atoms with Gasteiger partial charge < -0.3 is 10.4 Å². The molecule has 84 valence electrons. The van der Waals surface area contributed by atoms with Crippen molar-refractivity contribution < 1.29 is 5.11 Å². The minimum Gasteiger partial charge on any atom is -0.389 e. The van der Waals surface area contributed by atoms with Crippen molar-refractivity contribution in [1.29, 1.82) is 5.26 Å². The molecule has 2 rings (SSSR count). The van der Waals surface area contributed by atoms with Crippen molar-refractivity contribution in [3.05, 3.63) is 35.4 Å². The second-order valence-electron chi connectivity index (χ2n) is 4.49. The maximum atomic E-state index is 9.86. The van der Waals surface area contributed by atoms with Gasteiger partial charge in [0.1, 0.15) is 0 Å². The van der Waals surface area contributed by atoms with E-state index in [1.807, 2.05) is 24.3 Å². The number of nitrogens with one attached hydrogen (secondary N) is 1. The van der Waals surface area contributed by atoms with Crippen molar-refractivity contribution in [2.24, 2.45) is 0 Å². The van der Waals surface area contributed by atoms with Crippen molar-refractivity contribution >= 4 is 0 Å². The summed E-state index contributed by atoms with van der Waals surface area (Å²) in [7, 11) is 0. The van der Waals surface area contributed by atoms with E-state index < -0.39 is 5.60 Å². The van der Waals surface area contributed by atoms with Crippen LogP contribution in [-0.4, -0.2) is 17.3 Å². The van der Waals surface area contributed by atoms with Gasteiger partial charge in [0.15, 0.2) is 0 Å². The van der Waals surface area contributed by atoms with E-state index in [0.29, 0.717) is 12.1 Å². The number of hydrogen-bond donors (Lipinski definition) is 2. The zero-order valence-corrected chi connectivity index (χ0v) is 9.24. The Morgan fingerprint density at radius 1 is 1.31 bits per heavy atom. The van der Waals surface area contributed by atoms with Gasteiger partial charge in [-0.05, 0) is 37.0 Å². The predicted octanol–water partition coefficient (Wildman–Crippen LogP) is 1.56. The Morgan fingerprint density at radius 2 is 2.00 bits per heavy atom. The minimum atomic E-state index is -0.466. The molecule has 0 bridgehead atoms. The Kier molecular flexibility index (Phi) is 3.23. The predicted molar refractivity (Wildman–Crippen MR) is 61.7 cm³/mol. The molecular formula is C13H16N2O. The van der Waals surface area contributed by atoms with E-state index in [9.17, 15) is 5.11 Å². The summed E-state index contributed by atoms with van der Waals surface area (Å²) >= 11 is 0. The first kappa shape index (κ1) is 11.1. The van der Waals surface area contributed by atoms with Gasteiger partial charge >= 0.3 is 0 Å². The highest BCUT2D eigenvalue weighted by Gasteiger charge is 2.33. The third-order valence-electron chi connectivity index (χ3n) is 3.15. The van der Waals surface area contributed by atoms with Gasteiger partial charge in [0, 0.05) is 13.1 Å². The summed E-state index contributed by atoms with van der Waals surface area (Å²) in [5, 5.41) is 21.8. The lowest BCUT2D eigenvalue weighted by molar-refractivity contribution is -0.0314. The molecule has 16 heavy (non-hydrogen) atoms. The van der Waals surface area contributed by atoms with E-state index in [1.54, 1.807) is 0 Å². The first-order chi connectivity index (χ1) is 7.72. The van der Waals surface area contributed by atoms with E-state index in [2.05, 4.69) is 11.4 Å². The molecule has 0 spiro atoms. The molecular weight excluding hydrogens is 200 g/mol. The number of benzene rings is 1. The fourth-order valence-electron chi connectivity index (χ4n) is 1.90. The van der Waals surface area contributed by atoms with Crippen LogP contribution in [0, 0.1) is 11.3 Å². The molecule has 1 aliphatic carbocycles. The van der Waals surface area contributed by atoms with E-state index >= 15 is 0 Å². The average Bonchev–Trinajstić information content (AvgIpc) is 2.28. The summed E-state index contributed by atoms with van der Waals surface area (Å²) in [6, 6.07) is 9.60. The highest BCUT2D eigenvalue weighted by Crippen LogP contribution is 2.30. The second kappa shape index (κ2) is 4.65. The molecule has 0 radical (unpaired) electrons. The number of aliphatic hydroxyl groups is 1. The fraction of sp³-hybridized carbons (Fsp3) is 0.462. The van der Waals surface area contributed by atoms with Crippen LogP contribution in [0.4, 0.5) is 0 Å². The van der Waals surface area contributed by atoms with Crippen LogP contribution in [0.25, 0.3) is 0 Å². The van der Waals surface area contributed by atoms with Crippen molar-refractivity contribution in [2.45, 2.75) is 31.4 Å². The molecule has 3 nitrogen and oxygen atoms in total. The van der Waals surface area contributed by atoms with E-state index in [0.717, 1.165) is 31.4 Å². The standard InChI is InChI=1S/C13H16N2O/c14-8-11-2-4-12(5-3-11)9-15-10-13(16)6-1-7-13/h2-5,15-16H,1,6-7,9-10H2. The molecule has 0 unspecified atom stereocenters. The summed E-state index contributed by atoms with van der Waals surface area (Å²) in [5.74, 6) is 0. The molecule has 0 heterocycles. The van der Waals surface area contributed by atoms with Crippen LogP contribution in [0.15, 0.2) is 24.3 Å². The van der Waals surface area contributed by atoms with Crippen molar-refractivity contribution in [3.8, 4) is 6.07 Å². The van der Waals surface area contributed by atoms with Crippen LogP contribution in [0.3, 0.4) is 0 Å². The average molecular weight is 216 g/mol. The lowest BCUT2D eigenvalue weighted by Crippen LogP contribution is -2.45. The van der Waals surface area contributed by atoms with Gasteiger partial charge in [-0.2, -0.15) is 5.26 Å². The van der Waals surface area contributed by atoms with E-state index in [-0.39, 0.29) is 0 Å². The molecule has 1 aromatic carbocycles. The Hall–Kier alpha value is -1.37. The SMILES string of the molecule is N#Cc1ccc(CNCC2(O)CCC2)cc1.